The van der Waals surface area contributed by atoms with Crippen molar-refractivity contribution in [1.29, 1.82) is 0 Å². The summed E-state index contributed by atoms with van der Waals surface area (Å²) < 4.78 is 52.7. The van der Waals surface area contributed by atoms with E-state index >= 15 is 0 Å². The normalized spacial score (nSPS) is 19.8. The van der Waals surface area contributed by atoms with Gasteiger partial charge in [0.1, 0.15) is 22.0 Å². The molecule has 1 atom stereocenters. The smallest absolute Gasteiger partial charge is 0.419 e. The van der Waals surface area contributed by atoms with Gasteiger partial charge < -0.3 is 14.6 Å². The molecule has 3 rings (SSSR count). The first-order chi connectivity index (χ1) is 16.4. The molecule has 1 aromatic carbocycles. The monoisotopic (exact) mass is 514 g/mol. The van der Waals surface area contributed by atoms with Crippen molar-refractivity contribution in [3.8, 4) is 16.2 Å². The first-order valence-electron chi connectivity index (χ1n) is 11.9. The Morgan fingerprint density at radius 2 is 1.89 bits per heavy atom. The summed E-state index contributed by atoms with van der Waals surface area (Å²) in [6, 6.07) is 4.00. The van der Waals surface area contributed by atoms with Crippen LogP contribution >= 0.6 is 11.3 Å². The Morgan fingerprint density at radius 1 is 1.20 bits per heavy atom. The van der Waals surface area contributed by atoms with Gasteiger partial charge in [-0.25, -0.2) is 9.78 Å². The Morgan fingerprint density at radius 3 is 2.54 bits per heavy atom. The van der Waals surface area contributed by atoms with Gasteiger partial charge in [-0.15, -0.1) is 11.3 Å². The molecule has 1 amide bonds. The van der Waals surface area contributed by atoms with Crippen molar-refractivity contribution in [2.75, 3.05) is 13.2 Å². The van der Waals surface area contributed by atoms with E-state index in [-0.39, 0.29) is 19.0 Å². The van der Waals surface area contributed by atoms with Crippen molar-refractivity contribution in [3.63, 3.8) is 0 Å². The van der Waals surface area contributed by atoms with Gasteiger partial charge in [-0.1, -0.05) is 39.0 Å². The minimum atomic E-state index is -4.57. The van der Waals surface area contributed by atoms with Crippen LogP contribution in [0.4, 0.5) is 18.0 Å². The number of amides is 1. The van der Waals surface area contributed by atoms with E-state index in [1.807, 2.05) is 0 Å². The lowest BCUT2D eigenvalue weighted by Gasteiger charge is -2.36. The molecule has 1 fully saturated rings. The van der Waals surface area contributed by atoms with Gasteiger partial charge in [0.05, 0.1) is 23.7 Å². The summed E-state index contributed by atoms with van der Waals surface area (Å²) in [7, 11) is 0. The number of hydrogen-bond acceptors (Lipinski definition) is 5. The highest BCUT2D eigenvalue weighted by molar-refractivity contribution is 7.15. The van der Waals surface area contributed by atoms with Crippen molar-refractivity contribution in [2.24, 2.45) is 0 Å². The zero-order valence-electron chi connectivity index (χ0n) is 20.6. The number of alkyl halides is 3. The number of carbonyl (C=O) groups is 1. The van der Waals surface area contributed by atoms with Gasteiger partial charge in [-0.05, 0) is 51.0 Å². The van der Waals surface area contributed by atoms with Crippen LogP contribution in [0.3, 0.4) is 0 Å². The number of unbranched alkanes of at least 4 members (excludes halogenated alkanes) is 5. The molecule has 0 bridgehead atoms. The number of carboxylic acid groups (broad SMARTS) is 1. The van der Waals surface area contributed by atoms with E-state index in [0.29, 0.717) is 21.9 Å². The Bertz CT molecular complexity index is 1020. The topological polar surface area (TPSA) is 71.9 Å². The fraction of sp³-hybridized carbons (Fsp3) is 0.600. The third-order valence-corrected chi connectivity index (χ3v) is 7.52. The second-order valence-corrected chi connectivity index (χ2v) is 10.5. The summed E-state index contributed by atoms with van der Waals surface area (Å²) in [5.74, 6) is -0.186. The lowest BCUT2D eigenvalue weighted by atomic mass is 10.0. The lowest BCUT2D eigenvalue weighted by molar-refractivity contribution is -0.138. The molecule has 2 heterocycles. The highest BCUT2D eigenvalue weighted by Crippen LogP contribution is 2.45. The van der Waals surface area contributed by atoms with E-state index in [1.54, 1.807) is 26.8 Å². The number of hydrogen-bond donors (Lipinski definition) is 1. The standard InChI is InChI=1S/C25H33F3N2O4S/c1-5-6-7-8-9-10-13-33-19-12-11-17(14-18(19)25(26,27)28)20-15-29-21(35-20)24(4)16-34-23(2,3)30(24)22(31)32/h11-12,14-15H,5-10,13,16H2,1-4H3,(H,31,32). The van der Waals surface area contributed by atoms with Gasteiger partial charge in [-0.2, -0.15) is 13.2 Å². The number of thiazole rings is 1. The van der Waals surface area contributed by atoms with Crippen LogP contribution in [0.25, 0.3) is 10.4 Å². The second-order valence-electron chi connectivity index (χ2n) is 9.48. The van der Waals surface area contributed by atoms with Gasteiger partial charge in [-0.3, -0.25) is 4.90 Å². The molecule has 1 saturated heterocycles. The molecule has 6 nitrogen and oxygen atoms in total. The highest BCUT2D eigenvalue weighted by Gasteiger charge is 2.54. The van der Waals surface area contributed by atoms with Gasteiger partial charge in [0.2, 0.25) is 0 Å². The molecule has 0 aliphatic carbocycles. The Kier molecular flexibility index (Phi) is 8.36. The first-order valence-corrected chi connectivity index (χ1v) is 12.7. The minimum absolute atomic E-state index is 0.0955. The zero-order valence-corrected chi connectivity index (χ0v) is 21.4. The molecule has 10 heteroatoms. The molecule has 1 unspecified atom stereocenters. The van der Waals surface area contributed by atoms with Gasteiger partial charge in [0.15, 0.2) is 0 Å². The van der Waals surface area contributed by atoms with Gasteiger partial charge in [0.25, 0.3) is 0 Å². The SMILES string of the molecule is CCCCCCCCOc1ccc(-c2cnc(C3(C)COC(C)(C)N3C(=O)O)s2)cc1C(F)(F)F. The Labute approximate surface area is 208 Å². The number of halogens is 3. The molecule has 194 valence electrons. The van der Waals surface area contributed by atoms with Crippen molar-refractivity contribution >= 4 is 17.4 Å². The van der Waals surface area contributed by atoms with Crippen molar-refractivity contribution in [2.45, 2.75) is 83.7 Å². The van der Waals surface area contributed by atoms with Crippen LogP contribution < -0.4 is 4.74 Å². The molecule has 1 aliphatic rings. The fourth-order valence-electron chi connectivity index (χ4n) is 4.39. The second kappa shape index (κ2) is 10.7. The maximum Gasteiger partial charge on any atom is 0.419 e. The van der Waals surface area contributed by atoms with Crippen LogP contribution in [0.15, 0.2) is 24.4 Å². The third kappa shape index (κ3) is 6.09. The van der Waals surface area contributed by atoms with Crippen LogP contribution in [0.5, 0.6) is 5.75 Å². The number of rotatable bonds is 10. The summed E-state index contributed by atoms with van der Waals surface area (Å²) in [6.07, 6.45) is 1.86. The first kappa shape index (κ1) is 27.3. The van der Waals surface area contributed by atoms with Crippen molar-refractivity contribution in [3.05, 3.63) is 35.0 Å². The van der Waals surface area contributed by atoms with Gasteiger partial charge >= 0.3 is 12.3 Å². The highest BCUT2D eigenvalue weighted by atomic mass is 32.1. The summed E-state index contributed by atoms with van der Waals surface area (Å²) in [5, 5.41) is 10.2. The molecule has 1 aromatic heterocycles. The average molecular weight is 515 g/mol. The molecule has 0 radical (unpaired) electrons. The molecule has 35 heavy (non-hydrogen) atoms. The number of ether oxygens (including phenoxy) is 2. The number of benzene rings is 1. The van der Waals surface area contributed by atoms with Crippen molar-refractivity contribution < 1.29 is 32.5 Å². The molecule has 0 saturated carbocycles. The maximum atomic E-state index is 13.8. The van der Waals surface area contributed by atoms with E-state index < -0.39 is 29.1 Å². The van der Waals surface area contributed by atoms with Crippen molar-refractivity contribution in [1.82, 2.24) is 9.88 Å². The summed E-state index contributed by atoms with van der Waals surface area (Å²) in [6.45, 7) is 7.48. The summed E-state index contributed by atoms with van der Waals surface area (Å²) in [4.78, 5) is 18.0. The lowest BCUT2D eigenvalue weighted by Crippen LogP contribution is -2.51. The maximum absolute atomic E-state index is 13.8. The molecule has 1 N–H and O–H groups in total. The Hall–Kier alpha value is -2.33. The number of nitrogens with zero attached hydrogens (tertiary/aromatic N) is 2. The average Bonchev–Trinajstić information content (AvgIpc) is 3.36. The molecular weight excluding hydrogens is 481 g/mol. The minimum Gasteiger partial charge on any atom is -0.493 e. The largest absolute Gasteiger partial charge is 0.493 e. The fourth-order valence-corrected chi connectivity index (χ4v) is 5.43. The number of aromatic nitrogens is 1. The van der Waals surface area contributed by atoms with Crippen LogP contribution in [-0.2, 0) is 16.5 Å². The van der Waals surface area contributed by atoms with E-state index in [2.05, 4.69) is 11.9 Å². The van der Waals surface area contributed by atoms with E-state index in [9.17, 15) is 23.1 Å². The predicted molar refractivity (Wildman–Crippen MR) is 129 cm³/mol. The van der Waals surface area contributed by atoms with Crippen LogP contribution in [-0.4, -0.2) is 40.0 Å². The molecule has 0 spiro atoms. The van der Waals surface area contributed by atoms with Crippen LogP contribution in [0.2, 0.25) is 0 Å². The van der Waals surface area contributed by atoms with Crippen LogP contribution in [0.1, 0.15) is 76.8 Å². The van der Waals surface area contributed by atoms with E-state index in [0.717, 1.165) is 49.5 Å². The summed E-state index contributed by atoms with van der Waals surface area (Å²) in [5.41, 5.74) is -2.59. The zero-order chi connectivity index (χ0) is 25.9. The van der Waals surface area contributed by atoms with Crippen LogP contribution in [0, 0.1) is 0 Å². The summed E-state index contributed by atoms with van der Waals surface area (Å²) >= 11 is 1.16. The quantitative estimate of drug-likeness (QED) is 0.332. The Balaban J connectivity index is 1.79. The molecule has 1 aliphatic heterocycles. The molecule has 2 aromatic rings. The van der Waals surface area contributed by atoms with Gasteiger partial charge in [0, 0.05) is 6.20 Å². The van der Waals surface area contributed by atoms with E-state index in [4.69, 9.17) is 9.47 Å². The molecular formula is C25H33F3N2O4S. The predicted octanol–water partition coefficient (Wildman–Crippen LogP) is 7.53. The van der Waals surface area contributed by atoms with E-state index in [1.165, 1.54) is 17.2 Å². The third-order valence-electron chi connectivity index (χ3n) is 6.22.